The number of furan rings is 1. The predicted octanol–water partition coefficient (Wildman–Crippen LogP) is 1.67. The molecule has 1 fully saturated rings. The van der Waals surface area contributed by atoms with Crippen molar-refractivity contribution in [1.29, 1.82) is 0 Å². The molecule has 1 aliphatic rings. The monoisotopic (exact) mass is 380 g/mol. The molecule has 138 valence electrons. The molecule has 2 rings (SSSR count). The summed E-state index contributed by atoms with van der Waals surface area (Å²) in [5.41, 5.74) is 0. The first kappa shape index (κ1) is 21.0. The minimum atomic E-state index is -3.65. The second-order valence-corrected chi connectivity index (χ2v) is 7.55. The lowest BCUT2D eigenvalue weighted by Gasteiger charge is -2.30. The zero-order chi connectivity index (χ0) is 17.0. The van der Waals surface area contributed by atoms with Crippen LogP contribution in [0.4, 0.5) is 0 Å². The van der Waals surface area contributed by atoms with Crippen molar-refractivity contribution in [3.63, 3.8) is 0 Å². The van der Waals surface area contributed by atoms with E-state index in [1.165, 1.54) is 17.5 Å². The Morgan fingerprint density at radius 3 is 2.54 bits per heavy atom. The van der Waals surface area contributed by atoms with Crippen molar-refractivity contribution in [3.8, 4) is 0 Å². The first-order valence-corrected chi connectivity index (χ1v) is 9.23. The Morgan fingerprint density at radius 2 is 2.04 bits per heavy atom. The zero-order valence-electron chi connectivity index (χ0n) is 14.2. The number of carbonyl (C=O) groups is 1. The van der Waals surface area contributed by atoms with Crippen molar-refractivity contribution in [2.45, 2.75) is 31.1 Å². The SMILES string of the molecule is CCc1oc(C(=O)OC)cc1S(=O)(=O)N1CCC(CNC)CC1.Cl. The van der Waals surface area contributed by atoms with Crippen LogP contribution in [0, 0.1) is 5.92 Å². The van der Waals surface area contributed by atoms with Crippen LogP contribution in [-0.2, 0) is 21.2 Å². The third kappa shape index (κ3) is 4.30. The van der Waals surface area contributed by atoms with Crippen molar-refractivity contribution < 1.29 is 22.4 Å². The van der Waals surface area contributed by atoms with Gasteiger partial charge in [0.05, 0.1) is 7.11 Å². The van der Waals surface area contributed by atoms with Crippen LogP contribution in [0.15, 0.2) is 15.4 Å². The lowest BCUT2D eigenvalue weighted by atomic mass is 9.98. The van der Waals surface area contributed by atoms with E-state index in [-0.39, 0.29) is 23.1 Å². The highest BCUT2D eigenvalue weighted by atomic mass is 35.5. The largest absolute Gasteiger partial charge is 0.463 e. The number of sulfonamides is 1. The molecule has 24 heavy (non-hydrogen) atoms. The maximum atomic E-state index is 12.9. The number of hydrogen-bond acceptors (Lipinski definition) is 6. The molecule has 0 unspecified atom stereocenters. The second kappa shape index (κ2) is 8.84. The molecule has 1 saturated heterocycles. The van der Waals surface area contributed by atoms with Gasteiger partial charge in [-0.05, 0) is 32.4 Å². The number of aryl methyl sites for hydroxylation is 1. The average Bonchev–Trinajstić information content (AvgIpc) is 3.00. The van der Waals surface area contributed by atoms with Gasteiger partial charge in [-0.2, -0.15) is 4.31 Å². The fourth-order valence-corrected chi connectivity index (χ4v) is 4.56. The van der Waals surface area contributed by atoms with Gasteiger partial charge in [0, 0.05) is 25.6 Å². The van der Waals surface area contributed by atoms with E-state index < -0.39 is 16.0 Å². The molecule has 2 heterocycles. The molecule has 0 radical (unpaired) electrons. The number of methoxy groups -OCH3 is 1. The highest BCUT2D eigenvalue weighted by Crippen LogP contribution is 2.28. The van der Waals surface area contributed by atoms with Crippen LogP contribution in [0.3, 0.4) is 0 Å². The van der Waals surface area contributed by atoms with Gasteiger partial charge in [-0.1, -0.05) is 6.92 Å². The predicted molar refractivity (Wildman–Crippen MR) is 92.1 cm³/mol. The molecule has 7 nitrogen and oxygen atoms in total. The number of rotatable bonds is 6. The number of nitrogens with zero attached hydrogens (tertiary/aromatic N) is 1. The smallest absolute Gasteiger partial charge is 0.373 e. The van der Waals surface area contributed by atoms with Crippen LogP contribution in [0.1, 0.15) is 36.1 Å². The van der Waals surface area contributed by atoms with Gasteiger partial charge in [-0.25, -0.2) is 13.2 Å². The fourth-order valence-electron chi connectivity index (χ4n) is 2.86. The molecule has 1 aromatic rings. The Hall–Kier alpha value is -1.09. The molecule has 0 amide bonds. The van der Waals surface area contributed by atoms with Crippen LogP contribution in [-0.4, -0.2) is 52.5 Å². The summed E-state index contributed by atoms with van der Waals surface area (Å²) in [7, 11) is -0.520. The molecule has 0 aliphatic carbocycles. The van der Waals surface area contributed by atoms with E-state index in [2.05, 4.69) is 10.1 Å². The molecule has 1 N–H and O–H groups in total. The van der Waals surface area contributed by atoms with E-state index in [1.54, 1.807) is 6.92 Å². The summed E-state index contributed by atoms with van der Waals surface area (Å²) >= 11 is 0. The summed E-state index contributed by atoms with van der Waals surface area (Å²) in [6.45, 7) is 3.65. The van der Waals surface area contributed by atoms with E-state index >= 15 is 0 Å². The average molecular weight is 381 g/mol. The summed E-state index contributed by atoms with van der Waals surface area (Å²) in [5, 5.41) is 3.13. The number of carbonyl (C=O) groups excluding carboxylic acids is 1. The topological polar surface area (TPSA) is 88.8 Å². The molecule has 0 atom stereocenters. The van der Waals surface area contributed by atoms with Crippen molar-refractivity contribution in [1.82, 2.24) is 9.62 Å². The lowest BCUT2D eigenvalue weighted by molar-refractivity contribution is 0.0563. The number of ether oxygens (including phenoxy) is 1. The van der Waals surface area contributed by atoms with Crippen LogP contribution < -0.4 is 5.32 Å². The molecule has 0 saturated carbocycles. The molecule has 0 bridgehead atoms. The van der Waals surface area contributed by atoms with Crippen molar-refractivity contribution in [2.75, 3.05) is 33.8 Å². The summed E-state index contributed by atoms with van der Waals surface area (Å²) in [6.07, 6.45) is 2.04. The Balaban J connectivity index is 0.00000288. The normalized spacial score (nSPS) is 16.6. The van der Waals surface area contributed by atoms with Gasteiger partial charge in [0.2, 0.25) is 15.8 Å². The van der Waals surface area contributed by atoms with Crippen LogP contribution in [0.25, 0.3) is 0 Å². The summed E-state index contributed by atoms with van der Waals surface area (Å²) in [5.74, 6) is 0.0386. The number of piperidine rings is 1. The van der Waals surface area contributed by atoms with Gasteiger partial charge in [-0.15, -0.1) is 12.4 Å². The highest BCUT2D eigenvalue weighted by Gasteiger charge is 2.33. The minimum absolute atomic E-state index is 0. The lowest BCUT2D eigenvalue weighted by Crippen LogP contribution is -2.40. The first-order chi connectivity index (χ1) is 10.9. The maximum Gasteiger partial charge on any atom is 0.373 e. The van der Waals surface area contributed by atoms with Gasteiger partial charge >= 0.3 is 5.97 Å². The highest BCUT2D eigenvalue weighted by molar-refractivity contribution is 7.89. The summed E-state index contributed by atoms with van der Waals surface area (Å²) in [6, 6.07) is 1.28. The fraction of sp³-hybridized carbons (Fsp3) is 0.667. The molecule has 9 heteroatoms. The molecule has 1 aromatic heterocycles. The molecular formula is C15H25ClN2O5S. The first-order valence-electron chi connectivity index (χ1n) is 7.79. The third-order valence-electron chi connectivity index (χ3n) is 4.16. The van der Waals surface area contributed by atoms with Gasteiger partial charge in [0.25, 0.3) is 0 Å². The zero-order valence-corrected chi connectivity index (χ0v) is 15.8. The summed E-state index contributed by atoms with van der Waals surface area (Å²) in [4.78, 5) is 11.7. The van der Waals surface area contributed by atoms with Crippen LogP contribution >= 0.6 is 12.4 Å². The van der Waals surface area contributed by atoms with E-state index in [1.807, 2.05) is 7.05 Å². The minimum Gasteiger partial charge on any atom is -0.463 e. The molecule has 0 spiro atoms. The standard InChI is InChI=1S/C15H24N2O5S.ClH/c1-4-12-14(9-13(22-12)15(18)21-3)23(19,20)17-7-5-11(6-8-17)10-16-2;/h9,11,16H,4-8,10H2,1-3H3;1H. The summed E-state index contributed by atoms with van der Waals surface area (Å²) < 4.78 is 37.1. The van der Waals surface area contributed by atoms with Crippen molar-refractivity contribution in [2.24, 2.45) is 5.92 Å². The van der Waals surface area contributed by atoms with E-state index in [0.717, 1.165) is 19.4 Å². The van der Waals surface area contributed by atoms with Gasteiger partial charge in [0.1, 0.15) is 10.7 Å². The Bertz CT molecular complexity index is 651. The number of hydrogen-bond donors (Lipinski definition) is 1. The molecule has 1 aliphatic heterocycles. The number of nitrogens with one attached hydrogen (secondary N) is 1. The number of esters is 1. The quantitative estimate of drug-likeness (QED) is 0.755. The van der Waals surface area contributed by atoms with E-state index in [0.29, 0.717) is 31.2 Å². The Kier molecular flexibility index (Phi) is 7.72. The number of halogens is 1. The van der Waals surface area contributed by atoms with E-state index in [4.69, 9.17) is 4.42 Å². The second-order valence-electron chi connectivity index (χ2n) is 5.65. The van der Waals surface area contributed by atoms with Gasteiger partial charge < -0.3 is 14.5 Å². The Morgan fingerprint density at radius 1 is 1.42 bits per heavy atom. The van der Waals surface area contributed by atoms with Crippen molar-refractivity contribution in [3.05, 3.63) is 17.6 Å². The van der Waals surface area contributed by atoms with Crippen LogP contribution in [0.5, 0.6) is 0 Å². The molecular weight excluding hydrogens is 356 g/mol. The van der Waals surface area contributed by atoms with Crippen molar-refractivity contribution >= 4 is 28.4 Å². The maximum absolute atomic E-state index is 12.9. The van der Waals surface area contributed by atoms with Crippen LogP contribution in [0.2, 0.25) is 0 Å². The van der Waals surface area contributed by atoms with Gasteiger partial charge in [0.15, 0.2) is 0 Å². The van der Waals surface area contributed by atoms with Gasteiger partial charge in [-0.3, -0.25) is 0 Å². The third-order valence-corrected chi connectivity index (χ3v) is 6.11. The Labute approximate surface area is 149 Å². The molecule has 0 aromatic carbocycles. The van der Waals surface area contributed by atoms with E-state index in [9.17, 15) is 13.2 Å².